The number of carbonyl (C=O) groups excluding carboxylic acids is 1. The van der Waals surface area contributed by atoms with Crippen LogP contribution in [-0.2, 0) is 4.74 Å². The number of nitrogens with one attached hydrogen (secondary N) is 1. The predicted molar refractivity (Wildman–Crippen MR) is 173 cm³/mol. The van der Waals surface area contributed by atoms with Gasteiger partial charge in [-0.3, -0.25) is 19.9 Å². The second-order valence-electron chi connectivity index (χ2n) is 13.0. The van der Waals surface area contributed by atoms with E-state index in [1.54, 1.807) is 39.0 Å². The van der Waals surface area contributed by atoms with E-state index in [2.05, 4.69) is 25.3 Å². The third kappa shape index (κ3) is 8.39. The molecule has 2 aliphatic rings. The zero-order valence-electron chi connectivity index (χ0n) is 27.0. The highest BCUT2D eigenvalue weighted by Gasteiger charge is 2.43. The monoisotopic (exact) mass is 678 g/mol. The molecule has 256 valence electrons. The molecule has 16 heteroatoms. The molecule has 0 saturated carbocycles. The molecule has 4 aromatic rings. The second-order valence-corrected chi connectivity index (χ2v) is 13.0. The van der Waals surface area contributed by atoms with Crippen molar-refractivity contribution in [2.75, 3.05) is 36.0 Å². The van der Waals surface area contributed by atoms with E-state index in [1.165, 1.54) is 40.7 Å². The van der Waals surface area contributed by atoms with E-state index in [9.17, 15) is 27.6 Å². The Labute approximate surface area is 279 Å². The third-order valence-electron chi connectivity index (χ3n) is 7.69. The average Bonchev–Trinajstić information content (AvgIpc) is 3.01. The lowest BCUT2D eigenvalue weighted by Gasteiger charge is -2.38. The van der Waals surface area contributed by atoms with Crippen molar-refractivity contribution in [2.24, 2.45) is 5.73 Å². The van der Waals surface area contributed by atoms with Gasteiger partial charge in [-0.15, -0.1) is 0 Å². The zero-order chi connectivity index (χ0) is 35.6. The van der Waals surface area contributed by atoms with Crippen LogP contribution in [0.15, 0.2) is 49.1 Å². The normalized spacial score (nSPS) is 20.0. The molecule has 0 bridgehead atoms. The molecule has 0 radical (unpaired) electrons. The van der Waals surface area contributed by atoms with Crippen molar-refractivity contribution in [3.63, 3.8) is 0 Å². The number of ether oxygens (including phenoxy) is 1. The fourth-order valence-electron chi connectivity index (χ4n) is 5.90. The molecule has 3 N–H and O–H groups in total. The van der Waals surface area contributed by atoms with Crippen molar-refractivity contribution < 1.29 is 27.1 Å². The minimum atomic E-state index is -3.05. The molecule has 2 aromatic carbocycles. The molecule has 12 nitrogen and oxygen atoms in total. The Morgan fingerprint density at radius 2 is 1.27 bits per heavy atom. The van der Waals surface area contributed by atoms with Crippen LogP contribution >= 0.6 is 0 Å². The van der Waals surface area contributed by atoms with Crippen LogP contribution in [0.3, 0.4) is 0 Å². The smallest absolute Gasteiger partial charge is 0.407 e. The van der Waals surface area contributed by atoms with Gasteiger partial charge in [0.15, 0.2) is 0 Å². The van der Waals surface area contributed by atoms with Crippen molar-refractivity contribution in [2.45, 2.75) is 63.1 Å². The standard InChI is InChI=1S/C19H21F2N5O2.C14H13F2N5/c1-18(2,3)25-17(27)28-13-8-19(20,21)11-26(10-13)14-5-4-12(9-22)15-16(14)24-7-6-23-15;15-14(16)5-10(18)7-21(8-14)11-2-1-9(6-17)12-13(11)20-4-3-19-12/h4-7,13H,8,10-11H2,1-3H3,(H,25,27);1-4,10H,5,7-8,18H2. The number of hydrogen-bond donors (Lipinski definition) is 2. The van der Waals surface area contributed by atoms with Crippen LogP contribution in [0, 0.1) is 22.7 Å². The number of carbonyl (C=O) groups is 1. The summed E-state index contributed by atoms with van der Waals surface area (Å²) < 4.78 is 61.5. The predicted octanol–water partition coefficient (Wildman–Crippen LogP) is 4.91. The lowest BCUT2D eigenvalue weighted by Crippen LogP contribution is -2.52. The highest BCUT2D eigenvalue weighted by molar-refractivity contribution is 5.93. The SMILES string of the molecule is CC(C)(C)NC(=O)OC1CN(c2ccc(C#N)c3nccnc23)CC(F)(F)C1.N#Cc1ccc(N2CC(N)CC(F)(F)C2)c2nccnc12. The van der Waals surface area contributed by atoms with Gasteiger partial charge in [0.05, 0.1) is 48.6 Å². The fraction of sp³-hybridized carbons (Fsp3) is 0.424. The van der Waals surface area contributed by atoms with E-state index in [1.807, 2.05) is 12.1 Å². The van der Waals surface area contributed by atoms with Gasteiger partial charge in [0.1, 0.15) is 40.3 Å². The first-order valence-electron chi connectivity index (χ1n) is 15.4. The first kappa shape index (κ1) is 35.0. The van der Waals surface area contributed by atoms with Crippen molar-refractivity contribution in [3.05, 3.63) is 60.2 Å². The number of piperidine rings is 2. The van der Waals surface area contributed by atoms with Crippen molar-refractivity contribution >= 4 is 39.5 Å². The lowest BCUT2D eigenvalue weighted by atomic mass is 10.0. The number of nitrogens with two attached hydrogens (primary N) is 1. The van der Waals surface area contributed by atoms with Crippen LogP contribution in [0.4, 0.5) is 33.7 Å². The molecular weight excluding hydrogens is 644 g/mol. The van der Waals surface area contributed by atoms with Gasteiger partial charge in [0.25, 0.3) is 11.8 Å². The summed E-state index contributed by atoms with van der Waals surface area (Å²) >= 11 is 0. The summed E-state index contributed by atoms with van der Waals surface area (Å²) in [6.45, 7) is 4.80. The summed E-state index contributed by atoms with van der Waals surface area (Å²) in [7, 11) is 0. The minimum Gasteiger partial charge on any atom is -0.444 e. The van der Waals surface area contributed by atoms with E-state index in [0.717, 1.165) is 0 Å². The summed E-state index contributed by atoms with van der Waals surface area (Å²) in [4.78, 5) is 31.7. The Hall–Kier alpha value is -5.35. The number of halogens is 4. The summed E-state index contributed by atoms with van der Waals surface area (Å²) in [5.41, 5.74) is 8.40. The van der Waals surface area contributed by atoms with E-state index in [-0.39, 0.29) is 13.0 Å². The highest BCUT2D eigenvalue weighted by Crippen LogP contribution is 2.35. The van der Waals surface area contributed by atoms with Crippen LogP contribution in [0.2, 0.25) is 0 Å². The van der Waals surface area contributed by atoms with Crippen molar-refractivity contribution in [1.82, 2.24) is 25.3 Å². The molecule has 0 spiro atoms. The Balaban J connectivity index is 0.000000199. The first-order chi connectivity index (χ1) is 23.1. The van der Waals surface area contributed by atoms with Crippen LogP contribution in [0.25, 0.3) is 22.1 Å². The van der Waals surface area contributed by atoms with Gasteiger partial charge in [0.2, 0.25) is 0 Å². The summed E-state index contributed by atoms with van der Waals surface area (Å²) in [5.74, 6) is -5.88. The molecule has 6 rings (SSSR count). The van der Waals surface area contributed by atoms with Crippen LogP contribution in [0.5, 0.6) is 0 Å². The van der Waals surface area contributed by atoms with Crippen molar-refractivity contribution in [1.29, 1.82) is 10.5 Å². The largest absolute Gasteiger partial charge is 0.444 e. The van der Waals surface area contributed by atoms with Gasteiger partial charge in [-0.2, -0.15) is 10.5 Å². The maximum Gasteiger partial charge on any atom is 0.407 e. The number of rotatable bonds is 3. The van der Waals surface area contributed by atoms with Crippen LogP contribution < -0.4 is 20.9 Å². The van der Waals surface area contributed by atoms with Gasteiger partial charge in [-0.05, 0) is 45.0 Å². The number of alkyl halides is 4. The number of aromatic nitrogens is 4. The second kappa shape index (κ2) is 13.6. The summed E-state index contributed by atoms with van der Waals surface area (Å²) in [5, 5.41) is 20.9. The van der Waals surface area contributed by atoms with E-state index >= 15 is 0 Å². The maximum absolute atomic E-state index is 14.4. The Morgan fingerprint density at radius 3 is 1.71 bits per heavy atom. The molecule has 49 heavy (non-hydrogen) atoms. The average molecular weight is 679 g/mol. The molecule has 2 unspecified atom stereocenters. The number of nitrogens with zero attached hydrogens (tertiary/aromatic N) is 8. The molecule has 2 aromatic heterocycles. The molecule has 2 saturated heterocycles. The van der Waals surface area contributed by atoms with Gasteiger partial charge in [-0.25, -0.2) is 22.4 Å². The number of nitriles is 2. The minimum absolute atomic E-state index is 0.0880. The van der Waals surface area contributed by atoms with E-state index < -0.39 is 55.1 Å². The number of anilines is 2. The topological polar surface area (TPSA) is 170 Å². The quantitative estimate of drug-likeness (QED) is 0.282. The lowest BCUT2D eigenvalue weighted by molar-refractivity contribution is -0.0568. The number of alkyl carbamates (subject to hydrolysis) is 1. The van der Waals surface area contributed by atoms with E-state index in [4.69, 9.17) is 15.7 Å². The molecule has 0 aliphatic carbocycles. The molecule has 1 amide bonds. The third-order valence-corrected chi connectivity index (χ3v) is 7.69. The summed E-state index contributed by atoms with van der Waals surface area (Å²) in [6, 6.07) is 9.76. The first-order valence-corrected chi connectivity index (χ1v) is 15.4. The fourth-order valence-corrected chi connectivity index (χ4v) is 5.90. The molecule has 4 heterocycles. The van der Waals surface area contributed by atoms with Gasteiger partial charge in [0, 0.05) is 49.3 Å². The molecular formula is C33H34F4N10O2. The van der Waals surface area contributed by atoms with Crippen LogP contribution in [0.1, 0.15) is 44.7 Å². The Bertz CT molecular complexity index is 1940. The Morgan fingerprint density at radius 1 is 0.816 bits per heavy atom. The molecule has 2 fully saturated rings. The molecule has 2 aliphatic heterocycles. The number of amides is 1. The number of fused-ring (bicyclic) bond motifs is 2. The van der Waals surface area contributed by atoms with Crippen molar-refractivity contribution in [3.8, 4) is 12.1 Å². The number of hydrogen-bond acceptors (Lipinski definition) is 11. The molecule has 2 atom stereocenters. The Kier molecular flexibility index (Phi) is 9.73. The van der Waals surface area contributed by atoms with Gasteiger partial charge < -0.3 is 25.6 Å². The summed E-state index contributed by atoms with van der Waals surface area (Å²) in [6.07, 6.45) is 3.25. The number of benzene rings is 2. The van der Waals surface area contributed by atoms with Gasteiger partial charge in [-0.1, -0.05) is 0 Å². The van der Waals surface area contributed by atoms with E-state index in [0.29, 0.717) is 51.1 Å². The highest BCUT2D eigenvalue weighted by atomic mass is 19.3. The van der Waals surface area contributed by atoms with Gasteiger partial charge >= 0.3 is 6.09 Å². The zero-order valence-corrected chi connectivity index (χ0v) is 27.0. The van der Waals surface area contributed by atoms with Crippen LogP contribution in [-0.4, -0.2) is 81.7 Å². The maximum atomic E-state index is 14.4.